The van der Waals surface area contributed by atoms with Crippen LogP contribution >= 0.6 is 15.9 Å². The van der Waals surface area contributed by atoms with E-state index in [0.29, 0.717) is 0 Å². The van der Waals surface area contributed by atoms with Crippen molar-refractivity contribution in [1.82, 2.24) is 4.90 Å². The largest absolute Gasteiger partial charge is 0.368 e. The predicted molar refractivity (Wildman–Crippen MR) is 98.2 cm³/mol. The van der Waals surface area contributed by atoms with Gasteiger partial charge in [0.15, 0.2) is 0 Å². The second kappa shape index (κ2) is 6.75. The average molecular weight is 373 g/mol. The van der Waals surface area contributed by atoms with Crippen molar-refractivity contribution >= 4 is 27.5 Å². The van der Waals surface area contributed by atoms with Crippen LogP contribution in [0.5, 0.6) is 0 Å². The summed E-state index contributed by atoms with van der Waals surface area (Å²) in [6, 6.07) is 14.3. The Labute approximate surface area is 146 Å². The highest BCUT2D eigenvalue weighted by molar-refractivity contribution is 9.10. The van der Waals surface area contributed by atoms with Crippen LogP contribution in [0.3, 0.4) is 0 Å². The van der Waals surface area contributed by atoms with Gasteiger partial charge in [0.2, 0.25) is 0 Å². The molecule has 23 heavy (non-hydrogen) atoms. The lowest BCUT2D eigenvalue weighted by molar-refractivity contribution is 0.0746. The summed E-state index contributed by atoms with van der Waals surface area (Å²) in [7, 11) is 0. The lowest BCUT2D eigenvalue weighted by Crippen LogP contribution is -2.49. The van der Waals surface area contributed by atoms with E-state index in [4.69, 9.17) is 0 Å². The second-order valence-corrected chi connectivity index (χ2v) is 6.88. The zero-order chi connectivity index (χ0) is 16.4. The van der Waals surface area contributed by atoms with Crippen LogP contribution in [0, 0.1) is 13.8 Å². The first kappa shape index (κ1) is 16.1. The smallest absolute Gasteiger partial charge is 0.254 e. The molecule has 1 amide bonds. The predicted octanol–water partition coefficient (Wildman–Crippen LogP) is 4.03. The molecule has 0 bridgehead atoms. The molecule has 3 nitrogen and oxygen atoms in total. The Morgan fingerprint density at radius 2 is 1.65 bits per heavy atom. The lowest BCUT2D eigenvalue weighted by Gasteiger charge is -2.36. The Morgan fingerprint density at radius 3 is 2.30 bits per heavy atom. The number of halogens is 1. The number of hydrogen-bond donors (Lipinski definition) is 0. The molecule has 0 aromatic heterocycles. The van der Waals surface area contributed by atoms with Gasteiger partial charge < -0.3 is 9.80 Å². The first-order chi connectivity index (χ1) is 11.1. The molecule has 4 heteroatoms. The third-order valence-corrected chi connectivity index (χ3v) is 5.32. The summed E-state index contributed by atoms with van der Waals surface area (Å²) in [5.41, 5.74) is 4.31. The molecule has 2 aromatic rings. The van der Waals surface area contributed by atoms with Crippen molar-refractivity contribution in [2.24, 2.45) is 0 Å². The number of aryl methyl sites for hydroxylation is 2. The van der Waals surface area contributed by atoms with Crippen LogP contribution in [0.1, 0.15) is 21.5 Å². The van der Waals surface area contributed by atoms with Crippen LogP contribution in [-0.2, 0) is 0 Å². The Hall–Kier alpha value is -1.81. The van der Waals surface area contributed by atoms with E-state index in [1.54, 1.807) is 0 Å². The molecule has 1 fully saturated rings. The van der Waals surface area contributed by atoms with Crippen molar-refractivity contribution in [3.8, 4) is 0 Å². The Balaban J connectivity index is 1.67. The van der Waals surface area contributed by atoms with Crippen LogP contribution in [0.4, 0.5) is 5.69 Å². The van der Waals surface area contributed by atoms with E-state index in [1.807, 2.05) is 36.1 Å². The quantitative estimate of drug-likeness (QED) is 0.794. The van der Waals surface area contributed by atoms with E-state index in [0.717, 1.165) is 41.8 Å². The molecule has 120 valence electrons. The van der Waals surface area contributed by atoms with Gasteiger partial charge in [-0.25, -0.2) is 0 Å². The van der Waals surface area contributed by atoms with Gasteiger partial charge in [-0.3, -0.25) is 4.79 Å². The number of nitrogens with zero attached hydrogens (tertiary/aromatic N) is 2. The fourth-order valence-corrected chi connectivity index (χ4v) is 3.30. The van der Waals surface area contributed by atoms with Crippen molar-refractivity contribution in [3.05, 3.63) is 63.6 Å². The number of rotatable bonds is 2. The van der Waals surface area contributed by atoms with E-state index in [1.165, 1.54) is 11.3 Å². The molecule has 0 spiro atoms. The molecule has 0 unspecified atom stereocenters. The molecule has 0 saturated carbocycles. The fraction of sp³-hybridized carbons (Fsp3) is 0.316. The Morgan fingerprint density at radius 1 is 0.957 bits per heavy atom. The summed E-state index contributed by atoms with van der Waals surface area (Å²) < 4.78 is 1.13. The highest BCUT2D eigenvalue weighted by Gasteiger charge is 2.23. The fourth-order valence-electron chi connectivity index (χ4n) is 2.93. The number of carbonyl (C=O) groups excluding carboxylic acids is 1. The van der Waals surface area contributed by atoms with Crippen LogP contribution in [0.15, 0.2) is 46.9 Å². The van der Waals surface area contributed by atoms with Crippen LogP contribution in [0.25, 0.3) is 0 Å². The second-order valence-electron chi connectivity index (χ2n) is 6.03. The molecule has 1 heterocycles. The summed E-state index contributed by atoms with van der Waals surface area (Å²) in [5, 5.41) is 0. The topological polar surface area (TPSA) is 23.6 Å². The first-order valence-corrected chi connectivity index (χ1v) is 8.71. The normalized spacial score (nSPS) is 14.9. The highest BCUT2D eigenvalue weighted by atomic mass is 79.9. The molecule has 0 atom stereocenters. The maximum atomic E-state index is 12.7. The van der Waals surface area contributed by atoms with E-state index in [-0.39, 0.29) is 5.91 Å². The zero-order valence-electron chi connectivity index (χ0n) is 13.6. The van der Waals surface area contributed by atoms with E-state index in [2.05, 4.69) is 46.0 Å². The Bertz CT molecular complexity index is 721. The van der Waals surface area contributed by atoms with Gasteiger partial charge in [0.1, 0.15) is 0 Å². The number of piperazine rings is 1. The van der Waals surface area contributed by atoms with Gasteiger partial charge in [-0.2, -0.15) is 0 Å². The Kier molecular flexibility index (Phi) is 4.71. The maximum absolute atomic E-state index is 12.7. The van der Waals surface area contributed by atoms with Crippen molar-refractivity contribution in [3.63, 3.8) is 0 Å². The van der Waals surface area contributed by atoms with Crippen molar-refractivity contribution in [1.29, 1.82) is 0 Å². The third-order valence-electron chi connectivity index (χ3n) is 4.46. The molecule has 0 N–H and O–H groups in total. The number of anilines is 1. The molecule has 1 aliphatic rings. The number of hydrogen-bond acceptors (Lipinski definition) is 2. The van der Waals surface area contributed by atoms with Gasteiger partial charge in [0.25, 0.3) is 5.91 Å². The third kappa shape index (κ3) is 3.42. The molecule has 3 rings (SSSR count). The van der Waals surface area contributed by atoms with Crippen molar-refractivity contribution in [2.45, 2.75) is 13.8 Å². The van der Waals surface area contributed by atoms with E-state index >= 15 is 0 Å². The van der Waals surface area contributed by atoms with Crippen LogP contribution < -0.4 is 4.90 Å². The minimum atomic E-state index is 0.146. The van der Waals surface area contributed by atoms with Gasteiger partial charge >= 0.3 is 0 Å². The molecule has 0 radical (unpaired) electrons. The van der Waals surface area contributed by atoms with E-state index < -0.39 is 0 Å². The maximum Gasteiger partial charge on any atom is 0.254 e. The summed E-state index contributed by atoms with van der Waals surface area (Å²) in [6.45, 7) is 7.34. The molecular formula is C19H21BrN2O. The summed E-state index contributed by atoms with van der Waals surface area (Å²) >= 11 is 3.60. The zero-order valence-corrected chi connectivity index (χ0v) is 15.1. The van der Waals surface area contributed by atoms with Gasteiger partial charge in [0.05, 0.1) is 0 Å². The molecule has 1 aliphatic heterocycles. The van der Waals surface area contributed by atoms with Crippen molar-refractivity contribution < 1.29 is 4.79 Å². The van der Waals surface area contributed by atoms with Crippen molar-refractivity contribution in [2.75, 3.05) is 31.1 Å². The van der Waals surface area contributed by atoms with Gasteiger partial charge in [-0.15, -0.1) is 0 Å². The SMILES string of the molecule is Cc1ccc(N2CCN(C(=O)c3ccccc3C)CC2)cc1Br. The van der Waals surface area contributed by atoms with Gasteiger partial charge in [-0.1, -0.05) is 40.2 Å². The molecule has 1 saturated heterocycles. The summed E-state index contributed by atoms with van der Waals surface area (Å²) in [4.78, 5) is 17.0. The molecule has 2 aromatic carbocycles. The number of benzene rings is 2. The minimum Gasteiger partial charge on any atom is -0.368 e. The van der Waals surface area contributed by atoms with Crippen LogP contribution in [0.2, 0.25) is 0 Å². The van der Waals surface area contributed by atoms with Gasteiger partial charge in [-0.05, 0) is 43.2 Å². The molecular weight excluding hydrogens is 352 g/mol. The monoisotopic (exact) mass is 372 g/mol. The number of amides is 1. The summed E-state index contributed by atoms with van der Waals surface area (Å²) in [6.07, 6.45) is 0. The molecule has 0 aliphatic carbocycles. The van der Waals surface area contributed by atoms with Crippen LogP contribution in [-0.4, -0.2) is 37.0 Å². The highest BCUT2D eigenvalue weighted by Crippen LogP contribution is 2.24. The van der Waals surface area contributed by atoms with E-state index in [9.17, 15) is 4.79 Å². The average Bonchev–Trinajstić information content (AvgIpc) is 2.57. The van der Waals surface area contributed by atoms with Gasteiger partial charge in [0, 0.05) is 41.9 Å². The number of carbonyl (C=O) groups is 1. The summed E-state index contributed by atoms with van der Waals surface area (Å²) in [5.74, 6) is 0.146. The minimum absolute atomic E-state index is 0.146. The first-order valence-electron chi connectivity index (χ1n) is 7.92. The lowest BCUT2D eigenvalue weighted by atomic mass is 10.1. The standard InChI is InChI=1S/C19H21BrN2O/c1-14-5-3-4-6-17(14)19(23)22-11-9-21(10-12-22)16-8-7-15(2)18(20)13-16/h3-8,13H,9-12H2,1-2H3.